The zero-order valence-corrected chi connectivity index (χ0v) is 22.5. The van der Waals surface area contributed by atoms with Crippen molar-refractivity contribution in [3.05, 3.63) is 58.1 Å². The lowest BCUT2D eigenvalue weighted by Gasteiger charge is -2.39. The molecule has 1 atom stereocenters. The molecule has 200 valence electrons. The molecular weight excluding hydrogens is 488 g/mol. The lowest BCUT2D eigenvalue weighted by atomic mass is 9.78. The molecule has 1 aliphatic heterocycles. The Kier molecular flexibility index (Phi) is 7.52. The number of anilines is 1. The van der Waals surface area contributed by atoms with Gasteiger partial charge in [-0.15, -0.1) is 0 Å². The van der Waals surface area contributed by atoms with Crippen LogP contribution in [0.25, 0.3) is 22.4 Å². The number of carbonyl (C=O) groups is 2. The summed E-state index contributed by atoms with van der Waals surface area (Å²) < 4.78 is 17.5. The number of hydrogen-bond acceptors (Lipinski definition) is 9. The maximum atomic E-state index is 13.0. The average Bonchev–Trinajstić information content (AvgIpc) is 2.90. The molecule has 0 aliphatic carbocycles. The molecular formula is C28H32N4O6. The minimum Gasteiger partial charge on any atom is -0.496 e. The van der Waals surface area contributed by atoms with Crippen molar-refractivity contribution in [3.8, 4) is 28.1 Å². The zero-order valence-electron chi connectivity index (χ0n) is 22.5. The number of carbonyl (C=O) groups excluding carboxylic acids is 2. The zero-order chi connectivity index (χ0) is 27.6. The van der Waals surface area contributed by atoms with Crippen molar-refractivity contribution < 1.29 is 23.8 Å². The molecule has 3 aromatic rings. The standard InChI is InChI=1S/C28H32N4O6/c1-7-38-26(35)20-15-32-21(11-22(20)33)18-10-23(36-5)19(8-16(18)9-24(32)28(2,3)4)17-12-29-27(30-13-17)31-14-25(34)37-6/h8,10-13,15,24H,7,9,14H2,1-6H3,(H,29,30,31). The number of nitrogens with zero attached hydrogens (tertiary/aromatic N) is 3. The maximum absolute atomic E-state index is 13.0. The Balaban J connectivity index is 1.80. The lowest BCUT2D eigenvalue weighted by molar-refractivity contribution is -0.138. The van der Waals surface area contributed by atoms with Gasteiger partial charge in [-0.05, 0) is 36.5 Å². The highest BCUT2D eigenvalue weighted by molar-refractivity contribution is 5.89. The van der Waals surface area contributed by atoms with E-state index < -0.39 is 11.9 Å². The minimum atomic E-state index is -0.622. The van der Waals surface area contributed by atoms with Gasteiger partial charge in [-0.25, -0.2) is 14.8 Å². The third kappa shape index (κ3) is 5.25. The third-order valence-corrected chi connectivity index (χ3v) is 6.61. The van der Waals surface area contributed by atoms with Gasteiger partial charge in [0.1, 0.15) is 17.9 Å². The molecule has 1 unspecified atom stereocenters. The second kappa shape index (κ2) is 10.6. The molecule has 10 heteroatoms. The Morgan fingerprint density at radius 3 is 2.42 bits per heavy atom. The fourth-order valence-electron chi connectivity index (χ4n) is 4.62. The number of rotatable bonds is 7. The molecule has 38 heavy (non-hydrogen) atoms. The van der Waals surface area contributed by atoms with Gasteiger partial charge in [-0.1, -0.05) is 20.8 Å². The van der Waals surface area contributed by atoms with E-state index in [4.69, 9.17) is 9.47 Å². The van der Waals surface area contributed by atoms with Crippen molar-refractivity contribution in [1.82, 2.24) is 14.5 Å². The Hall–Kier alpha value is -4.21. The topological polar surface area (TPSA) is 122 Å². The highest BCUT2D eigenvalue weighted by atomic mass is 16.5. The summed E-state index contributed by atoms with van der Waals surface area (Å²) in [5.41, 5.74) is 3.61. The van der Waals surface area contributed by atoms with Crippen molar-refractivity contribution in [2.24, 2.45) is 5.41 Å². The van der Waals surface area contributed by atoms with Crippen LogP contribution in [0.15, 0.2) is 41.6 Å². The second-order valence-electron chi connectivity index (χ2n) is 10.1. The van der Waals surface area contributed by atoms with E-state index in [1.54, 1.807) is 32.6 Å². The Morgan fingerprint density at radius 1 is 1.11 bits per heavy atom. The summed E-state index contributed by atoms with van der Waals surface area (Å²) in [6.07, 6.45) is 5.62. The number of esters is 2. The van der Waals surface area contributed by atoms with E-state index in [2.05, 4.69) is 40.8 Å². The molecule has 0 fully saturated rings. The van der Waals surface area contributed by atoms with E-state index >= 15 is 0 Å². The van der Waals surface area contributed by atoms with E-state index in [9.17, 15) is 14.4 Å². The summed E-state index contributed by atoms with van der Waals surface area (Å²) in [6, 6.07) is 5.43. The Morgan fingerprint density at radius 2 is 1.82 bits per heavy atom. The van der Waals surface area contributed by atoms with Crippen LogP contribution >= 0.6 is 0 Å². The van der Waals surface area contributed by atoms with Gasteiger partial charge in [0.2, 0.25) is 5.95 Å². The quantitative estimate of drug-likeness (QED) is 0.462. The van der Waals surface area contributed by atoms with Gasteiger partial charge in [0.15, 0.2) is 5.43 Å². The van der Waals surface area contributed by atoms with Crippen LogP contribution in [0.1, 0.15) is 49.7 Å². The largest absolute Gasteiger partial charge is 0.496 e. The first-order valence-corrected chi connectivity index (χ1v) is 12.3. The lowest BCUT2D eigenvalue weighted by Crippen LogP contribution is -2.33. The molecule has 10 nitrogen and oxygen atoms in total. The molecule has 3 heterocycles. The monoisotopic (exact) mass is 520 g/mol. The number of hydrogen-bond donors (Lipinski definition) is 1. The van der Waals surface area contributed by atoms with Crippen LogP contribution in [-0.4, -0.2) is 53.8 Å². The van der Waals surface area contributed by atoms with Gasteiger partial charge in [0.25, 0.3) is 0 Å². The van der Waals surface area contributed by atoms with E-state index in [1.165, 1.54) is 13.2 Å². The van der Waals surface area contributed by atoms with E-state index in [-0.39, 0.29) is 35.6 Å². The summed E-state index contributed by atoms with van der Waals surface area (Å²) in [5.74, 6) is -0.153. The first kappa shape index (κ1) is 26.8. The Labute approximate surface area is 221 Å². The van der Waals surface area contributed by atoms with Crippen molar-refractivity contribution in [1.29, 1.82) is 0 Å². The molecule has 1 N–H and O–H groups in total. The van der Waals surface area contributed by atoms with Crippen molar-refractivity contribution in [2.75, 3.05) is 32.7 Å². The molecule has 0 spiro atoms. The molecule has 4 rings (SSSR count). The fourth-order valence-corrected chi connectivity index (χ4v) is 4.62. The van der Waals surface area contributed by atoms with Crippen LogP contribution in [-0.2, 0) is 20.7 Å². The SMILES string of the molecule is CCOC(=O)c1cn2c(cc1=O)-c1cc(OC)c(-c3cnc(NCC(=O)OC)nc3)cc1CC2C(C)(C)C. The predicted molar refractivity (Wildman–Crippen MR) is 142 cm³/mol. The minimum absolute atomic E-state index is 0.0231. The molecule has 1 aromatic carbocycles. The van der Waals surface area contributed by atoms with Gasteiger partial charge in [-0.2, -0.15) is 0 Å². The number of fused-ring (bicyclic) bond motifs is 3. The normalized spacial score (nSPS) is 14.2. The predicted octanol–water partition coefficient (Wildman–Crippen LogP) is 3.89. The van der Waals surface area contributed by atoms with Gasteiger partial charge >= 0.3 is 11.9 Å². The molecule has 0 amide bonds. The van der Waals surface area contributed by atoms with Crippen LogP contribution in [0.3, 0.4) is 0 Å². The highest BCUT2D eigenvalue weighted by Crippen LogP contribution is 2.45. The summed E-state index contributed by atoms with van der Waals surface area (Å²) in [7, 11) is 2.89. The van der Waals surface area contributed by atoms with Crippen molar-refractivity contribution in [3.63, 3.8) is 0 Å². The van der Waals surface area contributed by atoms with Crippen LogP contribution in [0.2, 0.25) is 0 Å². The number of aromatic nitrogens is 3. The maximum Gasteiger partial charge on any atom is 0.343 e. The van der Waals surface area contributed by atoms with Crippen LogP contribution in [0.5, 0.6) is 5.75 Å². The van der Waals surface area contributed by atoms with Crippen LogP contribution < -0.4 is 15.5 Å². The number of methoxy groups -OCH3 is 2. The second-order valence-corrected chi connectivity index (χ2v) is 10.1. The molecule has 2 aromatic heterocycles. The number of nitrogens with one attached hydrogen (secondary N) is 1. The third-order valence-electron chi connectivity index (χ3n) is 6.61. The summed E-state index contributed by atoms with van der Waals surface area (Å²) >= 11 is 0. The van der Waals surface area contributed by atoms with Crippen molar-refractivity contribution in [2.45, 2.75) is 40.2 Å². The molecule has 0 saturated carbocycles. The van der Waals surface area contributed by atoms with E-state index in [0.717, 1.165) is 22.3 Å². The van der Waals surface area contributed by atoms with Gasteiger partial charge in [0, 0.05) is 47.4 Å². The van der Waals surface area contributed by atoms with Crippen LogP contribution in [0, 0.1) is 5.41 Å². The van der Waals surface area contributed by atoms with Crippen LogP contribution in [0.4, 0.5) is 5.95 Å². The Bertz CT molecular complexity index is 1420. The first-order valence-electron chi connectivity index (χ1n) is 12.3. The highest BCUT2D eigenvalue weighted by Gasteiger charge is 2.34. The molecule has 0 radical (unpaired) electrons. The molecule has 1 aliphatic rings. The number of pyridine rings is 1. The molecule has 0 bridgehead atoms. The summed E-state index contributed by atoms with van der Waals surface area (Å²) in [5, 5.41) is 2.82. The first-order chi connectivity index (χ1) is 18.1. The van der Waals surface area contributed by atoms with E-state index in [1.807, 2.05) is 16.7 Å². The fraction of sp³-hybridized carbons (Fsp3) is 0.393. The van der Waals surface area contributed by atoms with Gasteiger partial charge in [-0.3, -0.25) is 9.59 Å². The average molecular weight is 521 g/mol. The summed E-state index contributed by atoms with van der Waals surface area (Å²) in [4.78, 5) is 45.5. The summed E-state index contributed by atoms with van der Waals surface area (Å²) in [6.45, 7) is 8.26. The van der Waals surface area contributed by atoms with Gasteiger partial charge in [0.05, 0.1) is 26.5 Å². The smallest absolute Gasteiger partial charge is 0.343 e. The molecule has 0 saturated heterocycles. The number of benzene rings is 1. The number of ether oxygens (including phenoxy) is 3. The van der Waals surface area contributed by atoms with Crippen molar-refractivity contribution >= 4 is 17.9 Å². The van der Waals surface area contributed by atoms with E-state index in [0.29, 0.717) is 23.8 Å². The van der Waals surface area contributed by atoms with Gasteiger partial charge < -0.3 is 24.1 Å².